The number of imidazole rings is 1. The van der Waals surface area contributed by atoms with Crippen LogP contribution in [0.15, 0.2) is 59.8 Å². The summed E-state index contributed by atoms with van der Waals surface area (Å²) < 4.78 is 70.8. The SMILES string of the molecule is CC(C)Cc1ccc(S(=O)(=O)NC(=O)OCC(F)(F)F)c(-c2ccc(Cn3ccnc3C(C)(C)C)cc2)c1. The van der Waals surface area contributed by atoms with E-state index in [9.17, 15) is 26.4 Å². The lowest BCUT2D eigenvalue weighted by Crippen LogP contribution is -2.34. The van der Waals surface area contributed by atoms with E-state index in [-0.39, 0.29) is 10.3 Å². The maximum atomic E-state index is 13.0. The van der Waals surface area contributed by atoms with Crippen molar-refractivity contribution >= 4 is 16.1 Å². The van der Waals surface area contributed by atoms with Crippen molar-refractivity contribution in [3.8, 4) is 11.1 Å². The molecule has 0 aliphatic carbocycles. The Balaban J connectivity index is 1.93. The van der Waals surface area contributed by atoms with Gasteiger partial charge in [-0.3, -0.25) is 0 Å². The Hall–Kier alpha value is -3.34. The smallest absolute Gasteiger partial charge is 0.422 e. The van der Waals surface area contributed by atoms with E-state index in [1.807, 2.05) is 36.7 Å². The molecular weight excluding hydrogens is 519 g/mol. The summed E-state index contributed by atoms with van der Waals surface area (Å²) in [4.78, 5) is 16.0. The number of amides is 1. The van der Waals surface area contributed by atoms with Crippen molar-refractivity contribution in [3.63, 3.8) is 0 Å². The standard InChI is InChI=1S/C27H32F3N3O4S/c1-18(2)14-20-8-11-23(38(35,36)32-25(34)37-17-27(28,29)30)22(15-20)21-9-6-19(7-10-21)16-33-13-12-31-24(33)26(3,4)5/h6-13,15,18H,14,16-17H2,1-5H3,(H,32,34). The summed E-state index contributed by atoms with van der Waals surface area (Å²) in [6, 6.07) is 12.0. The molecule has 38 heavy (non-hydrogen) atoms. The molecule has 11 heteroatoms. The number of benzene rings is 2. The van der Waals surface area contributed by atoms with Crippen molar-refractivity contribution in [2.24, 2.45) is 5.92 Å². The topological polar surface area (TPSA) is 90.3 Å². The van der Waals surface area contributed by atoms with Crippen LogP contribution in [0.1, 0.15) is 51.6 Å². The number of nitrogens with one attached hydrogen (secondary N) is 1. The van der Waals surface area contributed by atoms with Crippen LogP contribution in [-0.4, -0.2) is 36.8 Å². The lowest BCUT2D eigenvalue weighted by atomic mass is 9.95. The zero-order valence-corrected chi connectivity index (χ0v) is 22.8. The Morgan fingerprint density at radius 3 is 2.26 bits per heavy atom. The number of hydrogen-bond acceptors (Lipinski definition) is 5. The Bertz CT molecular complexity index is 1370. The third-order valence-electron chi connectivity index (χ3n) is 5.57. The number of aromatic nitrogens is 2. The van der Waals surface area contributed by atoms with E-state index >= 15 is 0 Å². The Morgan fingerprint density at radius 2 is 1.68 bits per heavy atom. The molecule has 0 saturated carbocycles. The fourth-order valence-corrected chi connectivity index (χ4v) is 5.15. The highest BCUT2D eigenvalue weighted by atomic mass is 32.2. The lowest BCUT2D eigenvalue weighted by molar-refractivity contribution is -0.160. The van der Waals surface area contributed by atoms with Crippen LogP contribution in [0, 0.1) is 5.92 Å². The number of halogens is 3. The third kappa shape index (κ3) is 7.83. The molecule has 0 bridgehead atoms. The van der Waals surface area contributed by atoms with Gasteiger partial charge in [0.2, 0.25) is 0 Å². The number of nitrogens with zero attached hydrogens (tertiary/aromatic N) is 2. The van der Waals surface area contributed by atoms with Gasteiger partial charge in [-0.2, -0.15) is 13.2 Å². The van der Waals surface area contributed by atoms with E-state index in [0.717, 1.165) is 17.0 Å². The van der Waals surface area contributed by atoms with Crippen molar-refractivity contribution in [2.45, 2.75) is 64.1 Å². The minimum Gasteiger partial charge on any atom is -0.439 e. The fourth-order valence-electron chi connectivity index (χ4n) is 4.04. The summed E-state index contributed by atoms with van der Waals surface area (Å²) in [6.07, 6.45) is -2.15. The molecule has 1 heterocycles. The molecule has 0 atom stereocenters. The van der Waals surface area contributed by atoms with Crippen LogP contribution >= 0.6 is 0 Å². The number of carbonyl (C=O) groups excluding carboxylic acids is 1. The van der Waals surface area contributed by atoms with Crippen LogP contribution in [-0.2, 0) is 33.1 Å². The summed E-state index contributed by atoms with van der Waals surface area (Å²) in [5, 5.41) is 0. The second-order valence-electron chi connectivity index (χ2n) is 10.6. The minimum absolute atomic E-state index is 0.141. The van der Waals surface area contributed by atoms with Gasteiger partial charge in [-0.05, 0) is 41.2 Å². The summed E-state index contributed by atoms with van der Waals surface area (Å²) in [5.74, 6) is 1.23. The van der Waals surface area contributed by atoms with Crippen LogP contribution in [0.2, 0.25) is 0 Å². The maximum absolute atomic E-state index is 13.0. The zero-order chi connectivity index (χ0) is 28.3. The molecule has 0 aliphatic heterocycles. The summed E-state index contributed by atoms with van der Waals surface area (Å²) in [7, 11) is -4.53. The largest absolute Gasteiger partial charge is 0.439 e. The average molecular weight is 552 g/mol. The molecule has 0 fully saturated rings. The number of rotatable bonds is 8. The highest BCUT2D eigenvalue weighted by Gasteiger charge is 2.31. The number of carbonyl (C=O) groups is 1. The van der Waals surface area contributed by atoms with E-state index in [1.54, 1.807) is 35.2 Å². The molecule has 3 rings (SSSR count). The number of hydrogen-bond donors (Lipinski definition) is 1. The first-order chi connectivity index (χ1) is 17.5. The molecule has 0 saturated heterocycles. The van der Waals surface area contributed by atoms with Crippen molar-refractivity contribution in [2.75, 3.05) is 6.61 Å². The molecule has 0 radical (unpaired) electrons. The van der Waals surface area contributed by atoms with Gasteiger partial charge in [-0.25, -0.2) is 22.9 Å². The van der Waals surface area contributed by atoms with E-state index < -0.39 is 28.9 Å². The second kappa shape index (κ2) is 11.2. The normalized spacial score (nSPS) is 12.6. The molecule has 1 N–H and O–H groups in total. The Morgan fingerprint density at radius 1 is 1.05 bits per heavy atom. The highest BCUT2D eigenvalue weighted by molar-refractivity contribution is 7.90. The quantitative estimate of drug-likeness (QED) is 0.367. The monoisotopic (exact) mass is 551 g/mol. The van der Waals surface area contributed by atoms with Gasteiger partial charge in [-0.15, -0.1) is 0 Å². The predicted molar refractivity (Wildman–Crippen MR) is 138 cm³/mol. The minimum atomic E-state index is -4.78. The van der Waals surface area contributed by atoms with E-state index in [1.165, 1.54) is 6.07 Å². The molecule has 0 unspecified atom stereocenters. The Labute approximate surface area is 221 Å². The summed E-state index contributed by atoms with van der Waals surface area (Å²) in [5.41, 5.74) is 2.60. The predicted octanol–water partition coefficient (Wildman–Crippen LogP) is 6.07. The number of alkyl halides is 3. The molecular formula is C27H32F3N3O4S. The molecule has 206 valence electrons. The summed E-state index contributed by atoms with van der Waals surface area (Å²) >= 11 is 0. The first kappa shape index (κ1) is 29.2. The van der Waals surface area contributed by atoms with Crippen LogP contribution in [0.5, 0.6) is 0 Å². The van der Waals surface area contributed by atoms with Gasteiger partial charge in [0.15, 0.2) is 6.61 Å². The third-order valence-corrected chi connectivity index (χ3v) is 6.94. The van der Waals surface area contributed by atoms with Gasteiger partial charge >= 0.3 is 12.3 Å². The van der Waals surface area contributed by atoms with Crippen molar-refractivity contribution in [1.29, 1.82) is 0 Å². The molecule has 7 nitrogen and oxygen atoms in total. The van der Waals surface area contributed by atoms with Crippen LogP contribution in [0.4, 0.5) is 18.0 Å². The maximum Gasteiger partial charge on any atom is 0.422 e. The molecule has 0 spiro atoms. The fraction of sp³-hybridized carbons (Fsp3) is 0.407. The molecule has 0 aliphatic rings. The highest BCUT2D eigenvalue weighted by Crippen LogP contribution is 2.30. The van der Waals surface area contributed by atoms with Crippen molar-refractivity contribution in [3.05, 3.63) is 71.8 Å². The van der Waals surface area contributed by atoms with Gasteiger partial charge in [-0.1, -0.05) is 65.0 Å². The van der Waals surface area contributed by atoms with Crippen LogP contribution in [0.25, 0.3) is 11.1 Å². The van der Waals surface area contributed by atoms with Gasteiger partial charge in [0.25, 0.3) is 10.0 Å². The first-order valence-electron chi connectivity index (χ1n) is 12.1. The van der Waals surface area contributed by atoms with Crippen molar-refractivity contribution in [1.82, 2.24) is 14.3 Å². The molecule has 1 aromatic heterocycles. The van der Waals surface area contributed by atoms with Crippen LogP contribution in [0.3, 0.4) is 0 Å². The van der Waals surface area contributed by atoms with E-state index in [2.05, 4.69) is 30.5 Å². The molecule has 1 amide bonds. The summed E-state index contributed by atoms with van der Waals surface area (Å²) in [6.45, 7) is 8.95. The van der Waals surface area contributed by atoms with Gasteiger partial charge in [0.1, 0.15) is 5.82 Å². The molecule has 3 aromatic rings. The lowest BCUT2D eigenvalue weighted by Gasteiger charge is -2.20. The second-order valence-corrected chi connectivity index (χ2v) is 12.2. The number of ether oxygens (including phenoxy) is 1. The van der Waals surface area contributed by atoms with Gasteiger partial charge in [0.05, 0.1) is 4.90 Å². The van der Waals surface area contributed by atoms with Crippen LogP contribution < -0.4 is 4.72 Å². The zero-order valence-electron chi connectivity index (χ0n) is 22.0. The Kier molecular flexibility index (Phi) is 8.60. The van der Waals surface area contributed by atoms with Gasteiger partial charge < -0.3 is 9.30 Å². The van der Waals surface area contributed by atoms with Crippen molar-refractivity contribution < 1.29 is 31.1 Å². The molecule has 2 aromatic carbocycles. The first-order valence-corrected chi connectivity index (χ1v) is 13.5. The number of sulfonamides is 1. The van der Waals surface area contributed by atoms with E-state index in [0.29, 0.717) is 30.0 Å². The van der Waals surface area contributed by atoms with E-state index in [4.69, 9.17) is 0 Å². The average Bonchev–Trinajstić information content (AvgIpc) is 3.26. The van der Waals surface area contributed by atoms with Gasteiger partial charge in [0, 0.05) is 29.9 Å².